The van der Waals surface area contributed by atoms with Crippen molar-refractivity contribution < 1.29 is 9.69 Å². The van der Waals surface area contributed by atoms with Crippen molar-refractivity contribution in [2.45, 2.75) is 19.3 Å². The third kappa shape index (κ3) is 3.70. The second-order valence-electron chi connectivity index (χ2n) is 6.13. The molecule has 4 nitrogen and oxygen atoms in total. The van der Waals surface area contributed by atoms with Crippen molar-refractivity contribution in [2.75, 3.05) is 32.7 Å². The molecule has 21 heavy (non-hydrogen) atoms. The molecular formula is C17H24N3O+. The lowest BCUT2D eigenvalue weighted by atomic mass is 9.94. The highest BCUT2D eigenvalue weighted by Crippen LogP contribution is 2.16. The minimum atomic E-state index is 0.150. The predicted octanol–water partition coefficient (Wildman–Crippen LogP) is 0.779. The highest BCUT2D eigenvalue weighted by atomic mass is 16.2. The fourth-order valence-electron chi connectivity index (χ4n) is 3.36. The fraction of sp³-hybridized carbons (Fsp3) is 0.529. The van der Waals surface area contributed by atoms with Crippen LogP contribution in [0.5, 0.6) is 0 Å². The van der Waals surface area contributed by atoms with E-state index in [4.69, 9.17) is 0 Å². The van der Waals surface area contributed by atoms with E-state index in [0.717, 1.165) is 37.7 Å². The molecule has 1 aliphatic heterocycles. The smallest absolute Gasteiger partial charge is 0.254 e. The van der Waals surface area contributed by atoms with E-state index < -0.39 is 0 Å². The lowest BCUT2D eigenvalue weighted by molar-refractivity contribution is -0.907. The molecule has 1 atom stereocenters. The Morgan fingerprint density at radius 2 is 2.00 bits per heavy atom. The van der Waals surface area contributed by atoms with Gasteiger partial charge in [0.25, 0.3) is 5.91 Å². The summed E-state index contributed by atoms with van der Waals surface area (Å²) in [4.78, 5) is 20.0. The number of aromatic nitrogens is 1. The molecule has 1 fully saturated rings. The summed E-state index contributed by atoms with van der Waals surface area (Å²) in [6.07, 6.45) is 11.8. The number of carbonyl (C=O) groups is 1. The van der Waals surface area contributed by atoms with Gasteiger partial charge < -0.3 is 9.80 Å². The molecule has 112 valence electrons. The average molecular weight is 286 g/mol. The first-order valence-corrected chi connectivity index (χ1v) is 8.01. The van der Waals surface area contributed by atoms with Crippen LogP contribution in [-0.2, 0) is 0 Å². The second-order valence-corrected chi connectivity index (χ2v) is 6.13. The van der Waals surface area contributed by atoms with Gasteiger partial charge in [-0.3, -0.25) is 9.78 Å². The zero-order valence-electron chi connectivity index (χ0n) is 12.5. The summed E-state index contributed by atoms with van der Waals surface area (Å²) in [6, 6.07) is 3.60. The largest absolute Gasteiger partial charge is 0.332 e. The third-order valence-electron chi connectivity index (χ3n) is 4.64. The number of allylic oxidation sites excluding steroid dienone is 2. The molecule has 3 rings (SSSR count). The van der Waals surface area contributed by atoms with Crippen LogP contribution in [0.25, 0.3) is 0 Å². The highest BCUT2D eigenvalue weighted by Gasteiger charge is 2.26. The van der Waals surface area contributed by atoms with E-state index in [0.29, 0.717) is 0 Å². The van der Waals surface area contributed by atoms with Crippen LogP contribution >= 0.6 is 0 Å². The maximum Gasteiger partial charge on any atom is 0.254 e. The first-order chi connectivity index (χ1) is 10.3. The molecule has 0 spiro atoms. The standard InChI is InChI=1S/C17H23N3O/c21-17(16-6-8-18-9-7-16)20-12-10-19(11-13-20)14-15-4-2-1-3-5-15/h1-2,6-9,15H,3-5,10-14H2/p+1/t15-/m0/s1. The molecule has 2 heterocycles. The number of hydrogen-bond acceptors (Lipinski definition) is 2. The molecule has 1 amide bonds. The molecule has 1 aromatic rings. The molecule has 1 aliphatic carbocycles. The van der Waals surface area contributed by atoms with Gasteiger partial charge in [-0.2, -0.15) is 0 Å². The third-order valence-corrected chi connectivity index (χ3v) is 4.64. The molecule has 1 saturated heterocycles. The molecule has 0 aromatic carbocycles. The van der Waals surface area contributed by atoms with E-state index in [2.05, 4.69) is 17.1 Å². The van der Waals surface area contributed by atoms with Gasteiger partial charge in [0, 0.05) is 23.9 Å². The van der Waals surface area contributed by atoms with Gasteiger partial charge in [-0.15, -0.1) is 0 Å². The minimum absolute atomic E-state index is 0.150. The number of carbonyl (C=O) groups excluding carboxylic acids is 1. The average Bonchev–Trinajstić information content (AvgIpc) is 2.57. The lowest BCUT2D eigenvalue weighted by Gasteiger charge is -2.34. The Hall–Kier alpha value is -1.68. The molecular weight excluding hydrogens is 262 g/mol. The van der Waals surface area contributed by atoms with E-state index >= 15 is 0 Å². The van der Waals surface area contributed by atoms with Crippen LogP contribution in [0, 0.1) is 5.92 Å². The summed E-state index contributed by atoms with van der Waals surface area (Å²) in [5, 5.41) is 0. The van der Waals surface area contributed by atoms with Gasteiger partial charge in [-0.05, 0) is 31.4 Å². The number of rotatable bonds is 3. The van der Waals surface area contributed by atoms with Crippen molar-refractivity contribution in [3.63, 3.8) is 0 Å². The SMILES string of the molecule is O=C(c1ccncc1)N1CC[NH+](C[C@H]2CC=CCC2)CC1. The lowest BCUT2D eigenvalue weighted by Crippen LogP contribution is -3.15. The summed E-state index contributed by atoms with van der Waals surface area (Å²) in [7, 11) is 0. The van der Waals surface area contributed by atoms with Crippen molar-refractivity contribution in [1.29, 1.82) is 0 Å². The van der Waals surface area contributed by atoms with Crippen molar-refractivity contribution in [3.8, 4) is 0 Å². The number of amides is 1. The summed E-state index contributed by atoms with van der Waals surface area (Å²) in [5.74, 6) is 0.990. The van der Waals surface area contributed by atoms with Crippen LogP contribution in [-0.4, -0.2) is 48.5 Å². The quantitative estimate of drug-likeness (QED) is 0.834. The first kappa shape index (κ1) is 14.3. The normalized spacial score (nSPS) is 23.2. The number of piperazine rings is 1. The van der Waals surface area contributed by atoms with Gasteiger partial charge in [-0.1, -0.05) is 12.2 Å². The van der Waals surface area contributed by atoms with Crippen LogP contribution in [0.2, 0.25) is 0 Å². The molecule has 2 aliphatic rings. The van der Waals surface area contributed by atoms with Crippen LogP contribution < -0.4 is 4.90 Å². The van der Waals surface area contributed by atoms with E-state index in [9.17, 15) is 4.79 Å². The summed E-state index contributed by atoms with van der Waals surface area (Å²) in [6.45, 7) is 5.17. The van der Waals surface area contributed by atoms with Gasteiger partial charge in [-0.25, -0.2) is 0 Å². The van der Waals surface area contributed by atoms with Gasteiger partial charge in [0.05, 0.1) is 32.7 Å². The van der Waals surface area contributed by atoms with Crippen LogP contribution in [0.4, 0.5) is 0 Å². The number of nitrogens with one attached hydrogen (secondary N) is 1. The Balaban J connectivity index is 1.48. The van der Waals surface area contributed by atoms with Crippen LogP contribution in [0.1, 0.15) is 29.6 Å². The van der Waals surface area contributed by atoms with Crippen LogP contribution in [0.15, 0.2) is 36.7 Å². The van der Waals surface area contributed by atoms with E-state index in [1.54, 1.807) is 29.4 Å². The molecule has 0 saturated carbocycles. The Morgan fingerprint density at radius 3 is 2.67 bits per heavy atom. The Morgan fingerprint density at radius 1 is 1.24 bits per heavy atom. The van der Waals surface area contributed by atoms with Gasteiger partial charge in [0.1, 0.15) is 0 Å². The van der Waals surface area contributed by atoms with E-state index in [-0.39, 0.29) is 5.91 Å². The number of nitrogens with zero attached hydrogens (tertiary/aromatic N) is 2. The maximum atomic E-state index is 12.4. The monoisotopic (exact) mass is 286 g/mol. The van der Waals surface area contributed by atoms with Crippen molar-refractivity contribution in [1.82, 2.24) is 9.88 Å². The molecule has 4 heteroatoms. The second kappa shape index (κ2) is 6.85. The number of hydrogen-bond donors (Lipinski definition) is 1. The summed E-state index contributed by atoms with van der Waals surface area (Å²) in [5.41, 5.74) is 0.755. The topological polar surface area (TPSA) is 37.6 Å². The molecule has 0 unspecified atom stereocenters. The van der Waals surface area contributed by atoms with Crippen molar-refractivity contribution >= 4 is 5.91 Å². The predicted molar refractivity (Wildman–Crippen MR) is 82.2 cm³/mol. The zero-order chi connectivity index (χ0) is 14.5. The summed E-state index contributed by atoms with van der Waals surface area (Å²) >= 11 is 0. The minimum Gasteiger partial charge on any atom is -0.332 e. The molecule has 1 aromatic heterocycles. The van der Waals surface area contributed by atoms with Gasteiger partial charge in [0.2, 0.25) is 0 Å². The van der Waals surface area contributed by atoms with Gasteiger partial charge in [0.15, 0.2) is 0 Å². The molecule has 0 bridgehead atoms. The number of quaternary nitrogens is 1. The van der Waals surface area contributed by atoms with Crippen molar-refractivity contribution in [3.05, 3.63) is 42.2 Å². The highest BCUT2D eigenvalue weighted by molar-refractivity contribution is 5.94. The fourth-order valence-corrected chi connectivity index (χ4v) is 3.36. The maximum absolute atomic E-state index is 12.4. The Labute approximate surface area is 126 Å². The Kier molecular flexibility index (Phi) is 4.65. The van der Waals surface area contributed by atoms with Gasteiger partial charge >= 0.3 is 0 Å². The van der Waals surface area contributed by atoms with Crippen molar-refractivity contribution in [2.24, 2.45) is 5.92 Å². The Bertz CT molecular complexity index is 492. The summed E-state index contributed by atoms with van der Waals surface area (Å²) < 4.78 is 0. The van der Waals surface area contributed by atoms with Crippen LogP contribution in [0.3, 0.4) is 0 Å². The molecule has 1 N–H and O–H groups in total. The zero-order valence-corrected chi connectivity index (χ0v) is 12.5. The first-order valence-electron chi connectivity index (χ1n) is 8.01. The van der Waals surface area contributed by atoms with E-state index in [1.807, 2.05) is 4.90 Å². The molecule has 0 radical (unpaired) electrons. The number of pyridine rings is 1. The van der Waals surface area contributed by atoms with E-state index in [1.165, 1.54) is 25.8 Å².